The number of hydrogen-bond acceptors (Lipinski definition) is 4. The van der Waals surface area contributed by atoms with Crippen LogP contribution in [0.1, 0.15) is 29.9 Å². The fraction of sp³-hybridized carbons (Fsp3) is 0.476. The standard InChI is InChI=1S/C21H28FN3O2S/c1-3-23-21(25-12-15(2)9-19-5-4-8-28-19)24-7-6-16-10-18(22)11-17-13-26-14-27-20(16)17/h4-5,8,10-11,15H,3,6-7,9,12-14H2,1-2H3,(H2,23,24,25). The molecule has 152 valence electrons. The first-order valence-electron chi connectivity index (χ1n) is 9.72. The summed E-state index contributed by atoms with van der Waals surface area (Å²) in [6.45, 7) is 7.05. The molecule has 1 aromatic carbocycles. The summed E-state index contributed by atoms with van der Waals surface area (Å²) in [5, 5.41) is 8.72. The van der Waals surface area contributed by atoms with E-state index in [4.69, 9.17) is 14.5 Å². The number of benzene rings is 1. The minimum Gasteiger partial charge on any atom is -0.467 e. The zero-order valence-corrected chi connectivity index (χ0v) is 17.3. The summed E-state index contributed by atoms with van der Waals surface area (Å²) in [5.74, 6) is 1.75. The van der Waals surface area contributed by atoms with Gasteiger partial charge in [0, 0.05) is 30.1 Å². The number of fused-ring (bicyclic) bond motifs is 1. The average molecular weight is 406 g/mol. The first-order valence-corrected chi connectivity index (χ1v) is 10.6. The van der Waals surface area contributed by atoms with E-state index < -0.39 is 0 Å². The third-order valence-corrected chi connectivity index (χ3v) is 5.37. The summed E-state index contributed by atoms with van der Waals surface area (Å²) in [5.41, 5.74) is 1.62. The van der Waals surface area contributed by atoms with Gasteiger partial charge in [-0.15, -0.1) is 11.3 Å². The Labute approximate surface area is 170 Å². The van der Waals surface area contributed by atoms with Crippen molar-refractivity contribution in [3.63, 3.8) is 0 Å². The molecule has 1 aromatic heterocycles. The quantitative estimate of drug-likeness (QED) is 0.519. The van der Waals surface area contributed by atoms with Gasteiger partial charge in [-0.25, -0.2) is 4.39 Å². The average Bonchev–Trinajstić information content (AvgIpc) is 3.19. The number of nitrogens with zero attached hydrogens (tertiary/aromatic N) is 1. The molecule has 0 saturated heterocycles. The van der Waals surface area contributed by atoms with Crippen molar-refractivity contribution in [3.8, 4) is 5.75 Å². The van der Waals surface area contributed by atoms with Crippen LogP contribution in [-0.4, -0.2) is 32.4 Å². The van der Waals surface area contributed by atoms with E-state index in [1.54, 1.807) is 17.4 Å². The summed E-state index contributed by atoms with van der Waals surface area (Å²) >= 11 is 1.79. The van der Waals surface area contributed by atoms with E-state index in [1.807, 2.05) is 6.92 Å². The summed E-state index contributed by atoms with van der Waals surface area (Å²) in [7, 11) is 0. The van der Waals surface area contributed by atoms with Crippen LogP contribution in [0.3, 0.4) is 0 Å². The van der Waals surface area contributed by atoms with Crippen molar-refractivity contribution in [1.82, 2.24) is 10.6 Å². The van der Waals surface area contributed by atoms with Crippen molar-refractivity contribution < 1.29 is 13.9 Å². The van der Waals surface area contributed by atoms with Gasteiger partial charge >= 0.3 is 0 Å². The highest BCUT2D eigenvalue weighted by Crippen LogP contribution is 2.29. The Morgan fingerprint density at radius 3 is 3.04 bits per heavy atom. The lowest BCUT2D eigenvalue weighted by Gasteiger charge is -2.21. The van der Waals surface area contributed by atoms with Crippen molar-refractivity contribution in [2.45, 2.75) is 33.3 Å². The zero-order chi connectivity index (χ0) is 19.8. The van der Waals surface area contributed by atoms with Crippen molar-refractivity contribution >= 4 is 17.3 Å². The molecule has 0 fully saturated rings. The van der Waals surface area contributed by atoms with Crippen LogP contribution in [0.2, 0.25) is 0 Å². The Kier molecular flexibility index (Phi) is 7.68. The summed E-state index contributed by atoms with van der Waals surface area (Å²) in [4.78, 5) is 6.09. The lowest BCUT2D eigenvalue weighted by atomic mass is 10.1. The molecule has 2 heterocycles. The predicted octanol–water partition coefficient (Wildman–Crippen LogP) is 3.73. The Morgan fingerprint density at radius 2 is 2.25 bits per heavy atom. The van der Waals surface area contributed by atoms with E-state index in [0.717, 1.165) is 42.3 Å². The van der Waals surface area contributed by atoms with Crippen LogP contribution in [0.25, 0.3) is 0 Å². The third-order valence-electron chi connectivity index (χ3n) is 4.47. The first kappa shape index (κ1) is 20.6. The van der Waals surface area contributed by atoms with Gasteiger partial charge in [-0.3, -0.25) is 4.99 Å². The van der Waals surface area contributed by atoms with Crippen molar-refractivity contribution in [3.05, 3.63) is 51.5 Å². The van der Waals surface area contributed by atoms with Gasteiger partial charge in [-0.05, 0) is 54.8 Å². The smallest absolute Gasteiger partial charge is 0.191 e. The van der Waals surface area contributed by atoms with Crippen molar-refractivity contribution in [1.29, 1.82) is 0 Å². The van der Waals surface area contributed by atoms with Crippen LogP contribution in [0.15, 0.2) is 34.6 Å². The Morgan fingerprint density at radius 1 is 1.36 bits per heavy atom. The molecule has 0 saturated carbocycles. The molecular weight excluding hydrogens is 377 g/mol. The van der Waals surface area contributed by atoms with Gasteiger partial charge in [0.05, 0.1) is 6.61 Å². The minimum atomic E-state index is -0.258. The van der Waals surface area contributed by atoms with E-state index in [-0.39, 0.29) is 12.6 Å². The number of hydrogen-bond donors (Lipinski definition) is 2. The normalized spacial score (nSPS) is 14.9. The zero-order valence-electron chi connectivity index (χ0n) is 16.5. The van der Waals surface area contributed by atoms with Crippen LogP contribution in [0.4, 0.5) is 4.39 Å². The van der Waals surface area contributed by atoms with E-state index >= 15 is 0 Å². The molecular formula is C21H28FN3O2S. The number of halogens is 1. The summed E-state index contributed by atoms with van der Waals surface area (Å²) in [6.07, 6.45) is 1.69. The molecule has 0 bridgehead atoms. The first-order chi connectivity index (χ1) is 13.7. The topological polar surface area (TPSA) is 54.9 Å². The van der Waals surface area contributed by atoms with E-state index in [1.165, 1.54) is 10.9 Å². The molecule has 2 aromatic rings. The largest absolute Gasteiger partial charge is 0.467 e. The molecule has 0 radical (unpaired) electrons. The van der Waals surface area contributed by atoms with Gasteiger partial charge < -0.3 is 20.1 Å². The lowest BCUT2D eigenvalue weighted by Crippen LogP contribution is -2.38. The Hall–Kier alpha value is -2.12. The minimum absolute atomic E-state index is 0.214. The van der Waals surface area contributed by atoms with E-state index in [9.17, 15) is 4.39 Å². The van der Waals surface area contributed by atoms with Crippen LogP contribution in [0.5, 0.6) is 5.75 Å². The van der Waals surface area contributed by atoms with Gasteiger partial charge in [-0.2, -0.15) is 0 Å². The second-order valence-electron chi connectivity index (χ2n) is 6.95. The molecule has 7 heteroatoms. The molecule has 0 aliphatic carbocycles. The maximum Gasteiger partial charge on any atom is 0.191 e. The highest BCUT2D eigenvalue weighted by atomic mass is 32.1. The van der Waals surface area contributed by atoms with Crippen LogP contribution >= 0.6 is 11.3 Å². The Balaban J connectivity index is 1.54. The molecule has 0 spiro atoms. The van der Waals surface area contributed by atoms with Crippen LogP contribution in [0, 0.1) is 11.7 Å². The van der Waals surface area contributed by atoms with Gasteiger partial charge in [0.25, 0.3) is 0 Å². The molecule has 1 aliphatic rings. The molecule has 0 amide bonds. The van der Waals surface area contributed by atoms with Crippen molar-refractivity contribution in [2.75, 3.05) is 26.4 Å². The maximum atomic E-state index is 13.9. The molecule has 2 N–H and O–H groups in total. The highest BCUT2D eigenvalue weighted by molar-refractivity contribution is 7.09. The predicted molar refractivity (Wildman–Crippen MR) is 112 cm³/mol. The summed E-state index contributed by atoms with van der Waals surface area (Å²) in [6, 6.07) is 7.27. The van der Waals surface area contributed by atoms with Gasteiger partial charge in [0.15, 0.2) is 12.8 Å². The van der Waals surface area contributed by atoms with Gasteiger partial charge in [0.2, 0.25) is 0 Å². The highest BCUT2D eigenvalue weighted by Gasteiger charge is 2.16. The summed E-state index contributed by atoms with van der Waals surface area (Å²) < 4.78 is 24.7. The molecule has 1 unspecified atom stereocenters. The molecule has 1 aliphatic heterocycles. The van der Waals surface area contributed by atoms with Gasteiger partial charge in [0.1, 0.15) is 11.6 Å². The molecule has 28 heavy (non-hydrogen) atoms. The van der Waals surface area contributed by atoms with Gasteiger partial charge in [-0.1, -0.05) is 13.0 Å². The number of thiophene rings is 1. The Bertz CT molecular complexity index is 780. The van der Waals surface area contributed by atoms with Crippen LogP contribution in [-0.2, 0) is 24.2 Å². The molecule has 3 rings (SSSR count). The maximum absolute atomic E-state index is 13.9. The number of aliphatic imine (C=N–C) groups is 1. The van der Waals surface area contributed by atoms with Crippen LogP contribution < -0.4 is 15.4 Å². The lowest BCUT2D eigenvalue weighted by molar-refractivity contribution is -0.0172. The molecule has 5 nitrogen and oxygen atoms in total. The molecule has 1 atom stereocenters. The monoisotopic (exact) mass is 405 g/mol. The second kappa shape index (κ2) is 10.4. The van der Waals surface area contributed by atoms with Crippen molar-refractivity contribution in [2.24, 2.45) is 10.9 Å². The second-order valence-corrected chi connectivity index (χ2v) is 7.98. The number of ether oxygens (including phenoxy) is 2. The van der Waals surface area contributed by atoms with E-state index in [2.05, 4.69) is 35.1 Å². The number of guanidine groups is 1. The third kappa shape index (κ3) is 5.94. The fourth-order valence-corrected chi connectivity index (χ4v) is 4.05. The fourth-order valence-electron chi connectivity index (χ4n) is 3.18. The van der Waals surface area contributed by atoms with E-state index in [0.29, 0.717) is 25.5 Å². The number of rotatable bonds is 8. The SMILES string of the molecule is CCNC(=NCC(C)Cc1cccs1)NCCc1cc(F)cc2c1OCOC2. The number of nitrogens with one attached hydrogen (secondary N) is 2.